The highest BCUT2D eigenvalue weighted by Gasteiger charge is 2.28. The van der Waals surface area contributed by atoms with Crippen molar-refractivity contribution in [3.63, 3.8) is 0 Å². The summed E-state index contributed by atoms with van der Waals surface area (Å²) in [7, 11) is 4.07. The number of halogens is 1. The maximum atomic E-state index is 13.9. The molecule has 1 fully saturated rings. The molecule has 1 saturated heterocycles. The minimum absolute atomic E-state index is 0.205. The number of nitrogens with one attached hydrogen (secondary N) is 1. The molecule has 1 aliphatic heterocycles. The van der Waals surface area contributed by atoms with E-state index in [2.05, 4.69) is 9.80 Å². The Kier molecular flexibility index (Phi) is 4.04. The van der Waals surface area contributed by atoms with Crippen molar-refractivity contribution in [2.45, 2.75) is 18.9 Å². The Balaban J connectivity index is 2.35. The van der Waals surface area contributed by atoms with E-state index in [4.69, 9.17) is 11.1 Å². The van der Waals surface area contributed by atoms with Gasteiger partial charge in [0, 0.05) is 19.1 Å². The molecule has 19 heavy (non-hydrogen) atoms. The molecule has 0 amide bonds. The van der Waals surface area contributed by atoms with E-state index in [1.54, 1.807) is 6.07 Å². The summed E-state index contributed by atoms with van der Waals surface area (Å²) in [5.74, 6) is -0.621. The highest BCUT2D eigenvalue weighted by Crippen LogP contribution is 2.30. The molecule has 3 N–H and O–H groups in total. The predicted octanol–water partition coefficient (Wildman–Crippen LogP) is 1.64. The average molecular weight is 264 g/mol. The van der Waals surface area contributed by atoms with Crippen LogP contribution in [0.25, 0.3) is 0 Å². The first-order valence-corrected chi connectivity index (χ1v) is 6.55. The number of nitrogen functional groups attached to an aromatic ring is 1. The number of hydrogen-bond acceptors (Lipinski definition) is 3. The molecule has 0 spiro atoms. The van der Waals surface area contributed by atoms with E-state index >= 15 is 0 Å². The molecular formula is C14H21FN4. The van der Waals surface area contributed by atoms with Crippen molar-refractivity contribution in [1.29, 1.82) is 5.41 Å². The van der Waals surface area contributed by atoms with Gasteiger partial charge in [0.15, 0.2) is 0 Å². The molecule has 0 aliphatic carbocycles. The summed E-state index contributed by atoms with van der Waals surface area (Å²) in [6, 6.07) is 5.25. The van der Waals surface area contributed by atoms with Crippen LogP contribution < -0.4 is 10.6 Å². The lowest BCUT2D eigenvalue weighted by Gasteiger charge is -2.30. The molecule has 0 bridgehead atoms. The third kappa shape index (κ3) is 2.87. The third-order valence-corrected chi connectivity index (χ3v) is 3.52. The Hall–Kier alpha value is -1.62. The molecule has 1 aromatic rings. The summed E-state index contributed by atoms with van der Waals surface area (Å²) in [6.07, 6.45) is 2.18. The van der Waals surface area contributed by atoms with Gasteiger partial charge in [-0.25, -0.2) is 4.39 Å². The van der Waals surface area contributed by atoms with Crippen LogP contribution in [0.5, 0.6) is 0 Å². The Morgan fingerprint density at radius 2 is 2.26 bits per heavy atom. The van der Waals surface area contributed by atoms with Crippen LogP contribution in [0.1, 0.15) is 18.4 Å². The molecule has 5 heteroatoms. The Labute approximate surface area is 113 Å². The Morgan fingerprint density at radius 1 is 1.53 bits per heavy atom. The zero-order valence-electron chi connectivity index (χ0n) is 11.5. The van der Waals surface area contributed by atoms with Crippen molar-refractivity contribution < 1.29 is 4.39 Å². The van der Waals surface area contributed by atoms with E-state index in [0.717, 1.165) is 31.6 Å². The van der Waals surface area contributed by atoms with E-state index in [9.17, 15) is 4.39 Å². The summed E-state index contributed by atoms with van der Waals surface area (Å²) >= 11 is 0. The fourth-order valence-corrected chi connectivity index (χ4v) is 2.78. The molecule has 0 aromatic heterocycles. The summed E-state index contributed by atoms with van der Waals surface area (Å²) in [5.41, 5.74) is 6.51. The number of amidine groups is 1. The second kappa shape index (κ2) is 5.57. The molecule has 0 saturated carbocycles. The van der Waals surface area contributed by atoms with Gasteiger partial charge in [-0.1, -0.05) is 6.07 Å². The van der Waals surface area contributed by atoms with Crippen LogP contribution in [0.2, 0.25) is 0 Å². The van der Waals surface area contributed by atoms with Gasteiger partial charge < -0.3 is 15.5 Å². The van der Waals surface area contributed by atoms with Crippen LogP contribution in [0.3, 0.4) is 0 Å². The van der Waals surface area contributed by atoms with Gasteiger partial charge in [-0.15, -0.1) is 0 Å². The summed E-state index contributed by atoms with van der Waals surface area (Å²) in [4.78, 5) is 4.32. The van der Waals surface area contributed by atoms with E-state index in [-0.39, 0.29) is 11.4 Å². The fourth-order valence-electron chi connectivity index (χ4n) is 2.78. The minimum atomic E-state index is -0.416. The molecular weight excluding hydrogens is 243 g/mol. The van der Waals surface area contributed by atoms with Crippen LogP contribution in [0.4, 0.5) is 10.1 Å². The molecule has 2 rings (SSSR count). The fraction of sp³-hybridized carbons (Fsp3) is 0.500. The largest absolute Gasteiger partial charge is 0.384 e. The first kappa shape index (κ1) is 13.8. The first-order chi connectivity index (χ1) is 9.00. The van der Waals surface area contributed by atoms with Gasteiger partial charge in [-0.05, 0) is 39.1 Å². The highest BCUT2D eigenvalue weighted by atomic mass is 19.1. The standard InChI is InChI=1S/C14H21FN4/c1-18(2)9-10-5-4-8-19(10)12-7-3-6-11(15)13(12)14(16)17/h3,6-7,10H,4-5,8-9H2,1-2H3,(H3,16,17). The minimum Gasteiger partial charge on any atom is -0.384 e. The normalized spacial score (nSPS) is 19.2. The van der Waals surface area contributed by atoms with Gasteiger partial charge in [0.05, 0.1) is 11.3 Å². The SMILES string of the molecule is CN(C)CC1CCCN1c1cccc(F)c1C(=N)N. The second-order valence-corrected chi connectivity index (χ2v) is 5.30. The summed E-state index contributed by atoms with van der Waals surface area (Å²) in [5, 5.41) is 7.59. The molecule has 0 radical (unpaired) electrons. The maximum Gasteiger partial charge on any atom is 0.136 e. The molecule has 1 unspecified atom stereocenters. The van der Waals surface area contributed by atoms with E-state index in [1.807, 2.05) is 20.2 Å². The van der Waals surface area contributed by atoms with Crippen LogP contribution >= 0.6 is 0 Å². The highest BCUT2D eigenvalue weighted by molar-refractivity contribution is 6.00. The van der Waals surface area contributed by atoms with Gasteiger partial charge >= 0.3 is 0 Å². The van der Waals surface area contributed by atoms with Crippen LogP contribution in [0.15, 0.2) is 18.2 Å². The molecule has 4 nitrogen and oxygen atoms in total. The predicted molar refractivity (Wildman–Crippen MR) is 76.3 cm³/mol. The lowest BCUT2D eigenvalue weighted by molar-refractivity contribution is 0.372. The van der Waals surface area contributed by atoms with E-state index in [1.165, 1.54) is 6.07 Å². The van der Waals surface area contributed by atoms with E-state index < -0.39 is 5.82 Å². The first-order valence-electron chi connectivity index (χ1n) is 6.55. The number of rotatable bonds is 4. The number of hydrogen-bond donors (Lipinski definition) is 2. The van der Waals surface area contributed by atoms with Crippen molar-refractivity contribution in [2.24, 2.45) is 5.73 Å². The van der Waals surface area contributed by atoms with Crippen LogP contribution in [-0.2, 0) is 0 Å². The van der Waals surface area contributed by atoms with Crippen LogP contribution in [-0.4, -0.2) is 44.0 Å². The van der Waals surface area contributed by atoms with Crippen molar-refractivity contribution >= 4 is 11.5 Å². The zero-order chi connectivity index (χ0) is 14.0. The maximum absolute atomic E-state index is 13.9. The average Bonchev–Trinajstić information content (AvgIpc) is 2.75. The van der Waals surface area contributed by atoms with Gasteiger partial charge in [0.1, 0.15) is 11.7 Å². The molecule has 1 aromatic carbocycles. The van der Waals surface area contributed by atoms with Gasteiger partial charge in [-0.2, -0.15) is 0 Å². The lowest BCUT2D eigenvalue weighted by atomic mass is 10.1. The number of nitrogens with zero attached hydrogens (tertiary/aromatic N) is 2. The van der Waals surface area contributed by atoms with Gasteiger partial charge in [0.2, 0.25) is 0 Å². The van der Waals surface area contributed by atoms with Crippen molar-refractivity contribution in [2.75, 3.05) is 32.1 Å². The summed E-state index contributed by atoms with van der Waals surface area (Å²) < 4.78 is 13.9. The monoisotopic (exact) mass is 264 g/mol. The topological polar surface area (TPSA) is 56.4 Å². The van der Waals surface area contributed by atoms with Crippen LogP contribution in [0, 0.1) is 11.2 Å². The van der Waals surface area contributed by atoms with E-state index in [0.29, 0.717) is 6.04 Å². The molecule has 104 valence electrons. The zero-order valence-corrected chi connectivity index (χ0v) is 11.5. The number of anilines is 1. The molecule has 1 heterocycles. The Morgan fingerprint density at radius 3 is 2.89 bits per heavy atom. The summed E-state index contributed by atoms with van der Waals surface area (Å²) in [6.45, 7) is 1.82. The third-order valence-electron chi connectivity index (χ3n) is 3.52. The molecule has 1 aliphatic rings. The van der Waals surface area contributed by atoms with Gasteiger partial charge in [-0.3, -0.25) is 5.41 Å². The van der Waals surface area contributed by atoms with Crippen molar-refractivity contribution in [3.8, 4) is 0 Å². The van der Waals surface area contributed by atoms with Crippen molar-refractivity contribution in [3.05, 3.63) is 29.6 Å². The number of likely N-dealkylation sites (N-methyl/N-ethyl adjacent to an activating group) is 1. The molecule has 1 atom stereocenters. The second-order valence-electron chi connectivity index (χ2n) is 5.30. The number of benzene rings is 1. The lowest BCUT2D eigenvalue weighted by Crippen LogP contribution is -2.38. The Bertz CT molecular complexity index is 473. The smallest absolute Gasteiger partial charge is 0.136 e. The quantitative estimate of drug-likeness (QED) is 0.642. The van der Waals surface area contributed by atoms with Crippen molar-refractivity contribution in [1.82, 2.24) is 4.90 Å². The number of nitrogens with two attached hydrogens (primary N) is 1. The van der Waals surface area contributed by atoms with Gasteiger partial charge in [0.25, 0.3) is 0 Å².